The molecular weight excluding hydrogens is 394 g/mol. The molecule has 0 radical (unpaired) electrons. The van der Waals surface area contributed by atoms with Gasteiger partial charge in [0.05, 0.1) is 17.8 Å². The average Bonchev–Trinajstić information content (AvgIpc) is 3.03. The number of nitrogens with one attached hydrogen (secondary N) is 1. The summed E-state index contributed by atoms with van der Waals surface area (Å²) in [6, 6.07) is 7.30. The predicted octanol–water partition coefficient (Wildman–Crippen LogP) is 2.58. The SMILES string of the molecule is Cn1c(=O)n(CC2CCC(C(=O)Nc3ccncc3)CC2)c2nc(/C=C/CO)ccc21. The molecule has 2 N–H and O–H groups in total. The highest BCUT2D eigenvalue weighted by atomic mass is 16.2. The number of rotatable bonds is 6. The van der Waals surface area contributed by atoms with Gasteiger partial charge in [-0.2, -0.15) is 0 Å². The van der Waals surface area contributed by atoms with Crippen LogP contribution in [0, 0.1) is 11.8 Å². The van der Waals surface area contributed by atoms with Crippen molar-refractivity contribution in [3.8, 4) is 0 Å². The Labute approximate surface area is 180 Å². The van der Waals surface area contributed by atoms with E-state index in [1.54, 1.807) is 52.9 Å². The summed E-state index contributed by atoms with van der Waals surface area (Å²) in [5, 5.41) is 12.0. The van der Waals surface area contributed by atoms with E-state index < -0.39 is 0 Å². The number of aryl methyl sites for hydroxylation is 1. The van der Waals surface area contributed by atoms with Gasteiger partial charge in [-0.3, -0.25) is 18.9 Å². The number of aliphatic hydroxyl groups excluding tert-OH is 1. The first kappa shape index (κ1) is 21.0. The van der Waals surface area contributed by atoms with Crippen LogP contribution in [-0.2, 0) is 18.4 Å². The molecule has 31 heavy (non-hydrogen) atoms. The Balaban J connectivity index is 1.44. The van der Waals surface area contributed by atoms with Gasteiger partial charge in [-0.15, -0.1) is 0 Å². The summed E-state index contributed by atoms with van der Waals surface area (Å²) >= 11 is 0. The lowest BCUT2D eigenvalue weighted by Crippen LogP contribution is -2.31. The second-order valence-corrected chi connectivity index (χ2v) is 8.06. The number of carbonyl (C=O) groups excluding carboxylic acids is 1. The van der Waals surface area contributed by atoms with E-state index in [0.717, 1.165) is 36.9 Å². The van der Waals surface area contributed by atoms with Crippen molar-refractivity contribution in [2.75, 3.05) is 11.9 Å². The minimum atomic E-state index is -0.0802. The third kappa shape index (κ3) is 4.59. The number of amides is 1. The monoisotopic (exact) mass is 421 g/mol. The summed E-state index contributed by atoms with van der Waals surface area (Å²) < 4.78 is 3.36. The fourth-order valence-corrected chi connectivity index (χ4v) is 4.27. The van der Waals surface area contributed by atoms with E-state index in [1.165, 1.54) is 0 Å². The summed E-state index contributed by atoms with van der Waals surface area (Å²) in [7, 11) is 1.76. The van der Waals surface area contributed by atoms with E-state index in [9.17, 15) is 9.59 Å². The first-order valence-electron chi connectivity index (χ1n) is 10.6. The standard InChI is InChI=1S/C23H27N5O3/c1-27-20-9-8-18(3-2-14-29)25-21(20)28(23(27)31)15-16-4-6-17(7-5-16)22(30)26-19-10-12-24-13-11-19/h2-3,8-13,16-17,29H,4-7,14-15H2,1H3,(H,24,26,30)/b3-2+. The van der Waals surface area contributed by atoms with Crippen LogP contribution in [0.3, 0.4) is 0 Å². The predicted molar refractivity (Wildman–Crippen MR) is 119 cm³/mol. The normalized spacial score (nSPS) is 19.2. The van der Waals surface area contributed by atoms with Gasteiger partial charge in [-0.1, -0.05) is 6.08 Å². The van der Waals surface area contributed by atoms with Crippen molar-refractivity contribution < 1.29 is 9.90 Å². The van der Waals surface area contributed by atoms with Crippen molar-refractivity contribution in [1.29, 1.82) is 0 Å². The first-order valence-corrected chi connectivity index (χ1v) is 10.6. The van der Waals surface area contributed by atoms with E-state index in [1.807, 2.05) is 12.1 Å². The fourth-order valence-electron chi connectivity index (χ4n) is 4.27. The maximum atomic E-state index is 12.8. The van der Waals surface area contributed by atoms with Gasteiger partial charge < -0.3 is 10.4 Å². The Morgan fingerprint density at radius 2 is 1.94 bits per heavy atom. The third-order valence-electron chi connectivity index (χ3n) is 6.01. The number of hydrogen-bond donors (Lipinski definition) is 2. The maximum Gasteiger partial charge on any atom is 0.330 e. The van der Waals surface area contributed by atoms with Crippen LogP contribution in [0.2, 0.25) is 0 Å². The van der Waals surface area contributed by atoms with Gasteiger partial charge in [0.25, 0.3) is 0 Å². The van der Waals surface area contributed by atoms with E-state index in [0.29, 0.717) is 23.8 Å². The maximum absolute atomic E-state index is 12.8. The van der Waals surface area contributed by atoms with Gasteiger partial charge in [-0.25, -0.2) is 9.78 Å². The number of aliphatic hydroxyl groups is 1. The number of aromatic nitrogens is 4. The van der Waals surface area contributed by atoms with E-state index in [-0.39, 0.29) is 24.1 Å². The fraction of sp³-hybridized carbons (Fsp3) is 0.391. The Morgan fingerprint density at radius 3 is 2.65 bits per heavy atom. The van der Waals surface area contributed by atoms with E-state index >= 15 is 0 Å². The highest BCUT2D eigenvalue weighted by Gasteiger charge is 2.27. The van der Waals surface area contributed by atoms with Crippen molar-refractivity contribution in [2.45, 2.75) is 32.2 Å². The molecule has 3 aromatic heterocycles. The molecule has 1 aliphatic carbocycles. The van der Waals surface area contributed by atoms with Crippen molar-refractivity contribution in [1.82, 2.24) is 19.1 Å². The number of fused-ring (bicyclic) bond motifs is 1. The molecule has 0 aromatic carbocycles. The van der Waals surface area contributed by atoms with Crippen molar-refractivity contribution in [3.05, 3.63) is 58.9 Å². The minimum Gasteiger partial charge on any atom is -0.392 e. The average molecular weight is 422 g/mol. The molecular formula is C23H27N5O3. The minimum absolute atomic E-state index is 0.0120. The zero-order valence-electron chi connectivity index (χ0n) is 17.6. The first-order chi connectivity index (χ1) is 15.1. The van der Waals surface area contributed by atoms with E-state index in [4.69, 9.17) is 5.11 Å². The van der Waals surface area contributed by atoms with Gasteiger partial charge in [0.2, 0.25) is 5.91 Å². The summed E-state index contributed by atoms with van der Waals surface area (Å²) in [5.74, 6) is 0.364. The van der Waals surface area contributed by atoms with Crippen LogP contribution in [-0.4, -0.2) is 36.7 Å². The molecule has 0 saturated heterocycles. The number of pyridine rings is 2. The third-order valence-corrected chi connectivity index (χ3v) is 6.01. The molecule has 4 rings (SSSR count). The van der Waals surface area contributed by atoms with Crippen molar-refractivity contribution >= 4 is 28.8 Å². The summed E-state index contributed by atoms with van der Waals surface area (Å²) in [6.07, 6.45) is 10.1. The molecule has 8 nitrogen and oxygen atoms in total. The van der Waals surface area contributed by atoms with Crippen molar-refractivity contribution in [2.24, 2.45) is 18.9 Å². The number of anilines is 1. The molecule has 1 saturated carbocycles. The molecule has 1 fully saturated rings. The smallest absolute Gasteiger partial charge is 0.330 e. The zero-order valence-corrected chi connectivity index (χ0v) is 17.6. The Morgan fingerprint density at radius 1 is 1.19 bits per heavy atom. The van der Waals surface area contributed by atoms with Crippen LogP contribution in [0.5, 0.6) is 0 Å². The molecule has 0 unspecified atom stereocenters. The quantitative estimate of drug-likeness (QED) is 0.637. The summed E-state index contributed by atoms with van der Waals surface area (Å²) in [4.78, 5) is 34.0. The lowest BCUT2D eigenvalue weighted by atomic mass is 9.81. The van der Waals surface area contributed by atoms with Crippen LogP contribution in [0.25, 0.3) is 17.2 Å². The number of carbonyl (C=O) groups is 1. The Hall–Kier alpha value is -3.26. The number of nitrogens with zero attached hydrogens (tertiary/aromatic N) is 4. The van der Waals surface area contributed by atoms with Crippen LogP contribution in [0.15, 0.2) is 47.5 Å². The van der Waals surface area contributed by atoms with Crippen LogP contribution >= 0.6 is 0 Å². The summed E-state index contributed by atoms with van der Waals surface area (Å²) in [5.41, 5.74) is 2.84. The molecule has 0 spiro atoms. The molecule has 0 bridgehead atoms. The zero-order chi connectivity index (χ0) is 21.8. The number of hydrogen-bond acceptors (Lipinski definition) is 5. The Bertz CT molecular complexity index is 1140. The Kier molecular flexibility index (Phi) is 6.27. The van der Waals surface area contributed by atoms with Crippen LogP contribution in [0.4, 0.5) is 5.69 Å². The van der Waals surface area contributed by atoms with Gasteiger partial charge >= 0.3 is 5.69 Å². The van der Waals surface area contributed by atoms with Gasteiger partial charge in [0.1, 0.15) is 0 Å². The van der Waals surface area contributed by atoms with Crippen LogP contribution in [0.1, 0.15) is 31.4 Å². The van der Waals surface area contributed by atoms with Crippen LogP contribution < -0.4 is 11.0 Å². The van der Waals surface area contributed by atoms with E-state index in [2.05, 4.69) is 15.3 Å². The summed E-state index contributed by atoms with van der Waals surface area (Å²) in [6.45, 7) is 0.536. The highest BCUT2D eigenvalue weighted by Crippen LogP contribution is 2.31. The lowest BCUT2D eigenvalue weighted by molar-refractivity contribution is -0.121. The molecule has 3 aromatic rings. The molecule has 162 valence electrons. The largest absolute Gasteiger partial charge is 0.392 e. The molecule has 8 heteroatoms. The van der Waals surface area contributed by atoms with Gasteiger partial charge in [-0.05, 0) is 61.9 Å². The van der Waals surface area contributed by atoms with Gasteiger partial charge in [0.15, 0.2) is 5.65 Å². The second-order valence-electron chi connectivity index (χ2n) is 8.06. The molecule has 0 atom stereocenters. The van der Waals surface area contributed by atoms with Crippen molar-refractivity contribution in [3.63, 3.8) is 0 Å². The van der Waals surface area contributed by atoms with Gasteiger partial charge in [0, 0.05) is 37.6 Å². The number of imidazole rings is 1. The molecule has 1 amide bonds. The highest BCUT2D eigenvalue weighted by molar-refractivity contribution is 5.92. The topological polar surface area (TPSA) is 102 Å². The second kappa shape index (κ2) is 9.26. The molecule has 0 aliphatic heterocycles. The molecule has 1 aliphatic rings. The molecule has 3 heterocycles. The lowest BCUT2D eigenvalue weighted by Gasteiger charge is -2.27.